The third kappa shape index (κ3) is 4.54. The van der Waals surface area contributed by atoms with Crippen molar-refractivity contribution in [3.05, 3.63) is 33.9 Å². The molecular weight excluding hydrogens is 334 g/mol. The summed E-state index contributed by atoms with van der Waals surface area (Å²) in [4.78, 5) is 22.9. The summed E-state index contributed by atoms with van der Waals surface area (Å²) in [6.45, 7) is 0.701. The van der Waals surface area contributed by atoms with Gasteiger partial charge in [0.2, 0.25) is 0 Å². The Bertz CT molecular complexity index is 602. The Morgan fingerprint density at radius 2 is 2.17 bits per heavy atom. The monoisotopic (exact) mass is 353 g/mol. The molecule has 1 saturated carbocycles. The van der Waals surface area contributed by atoms with E-state index < -0.39 is 4.92 Å². The maximum absolute atomic E-state index is 12.0. The molecule has 1 atom stereocenters. The molecule has 1 aliphatic heterocycles. The van der Waals surface area contributed by atoms with E-state index in [1.165, 1.54) is 11.8 Å². The van der Waals surface area contributed by atoms with E-state index in [9.17, 15) is 14.9 Å². The van der Waals surface area contributed by atoms with Crippen LogP contribution < -0.4 is 10.6 Å². The van der Waals surface area contributed by atoms with Crippen molar-refractivity contribution in [1.29, 1.82) is 0 Å². The highest BCUT2D eigenvalue weighted by Gasteiger charge is 2.25. The van der Waals surface area contributed by atoms with E-state index in [0.29, 0.717) is 23.0 Å². The van der Waals surface area contributed by atoms with Crippen LogP contribution in [0.25, 0.3) is 0 Å². The molecule has 1 amide bonds. The van der Waals surface area contributed by atoms with Gasteiger partial charge in [-0.25, -0.2) is 0 Å². The Labute approximate surface area is 143 Å². The smallest absolute Gasteiger partial charge is 0.293 e. The first kappa shape index (κ1) is 16.4. The molecular formula is C15H19N3O3S2. The highest BCUT2D eigenvalue weighted by Crippen LogP contribution is 2.29. The molecule has 0 bridgehead atoms. The summed E-state index contributed by atoms with van der Waals surface area (Å²) in [7, 11) is 0. The van der Waals surface area contributed by atoms with Gasteiger partial charge in [-0.1, -0.05) is 0 Å². The van der Waals surface area contributed by atoms with Crippen molar-refractivity contribution in [2.24, 2.45) is 0 Å². The Hall–Kier alpha value is -1.41. The minimum Gasteiger partial charge on any atom is -0.378 e. The highest BCUT2D eigenvalue weighted by molar-refractivity contribution is 8.06. The fourth-order valence-electron chi connectivity index (χ4n) is 2.35. The van der Waals surface area contributed by atoms with Crippen molar-refractivity contribution in [2.45, 2.75) is 24.1 Å². The number of carbonyl (C=O) groups excluding carboxylic acids is 1. The van der Waals surface area contributed by atoms with Gasteiger partial charge in [-0.3, -0.25) is 14.9 Å². The second-order valence-electron chi connectivity index (χ2n) is 5.69. The Morgan fingerprint density at radius 3 is 2.83 bits per heavy atom. The SMILES string of the molecule is O=C(NC1CC1)c1ccc(NCC2CSCCS2)c([N+](=O)[O-])c1. The molecule has 2 N–H and O–H groups in total. The van der Waals surface area contributed by atoms with Crippen molar-refractivity contribution in [2.75, 3.05) is 29.1 Å². The van der Waals surface area contributed by atoms with Crippen LogP contribution in [0.15, 0.2) is 18.2 Å². The summed E-state index contributed by atoms with van der Waals surface area (Å²) in [5.41, 5.74) is 0.785. The zero-order valence-electron chi connectivity index (χ0n) is 12.6. The first-order chi connectivity index (χ1) is 11.1. The Morgan fingerprint density at radius 1 is 1.35 bits per heavy atom. The molecule has 8 heteroatoms. The number of hydrogen-bond acceptors (Lipinski definition) is 6. The number of carbonyl (C=O) groups is 1. The molecule has 3 rings (SSSR count). The second kappa shape index (κ2) is 7.44. The average Bonchev–Trinajstić information content (AvgIpc) is 3.37. The van der Waals surface area contributed by atoms with E-state index in [-0.39, 0.29) is 17.6 Å². The standard InChI is InChI=1S/C15H19N3O3S2/c19-15(17-11-2-3-11)10-1-4-13(14(7-10)18(20)21)16-8-12-9-22-5-6-23-12/h1,4,7,11-12,16H,2-3,5-6,8-9H2,(H,17,19). The molecule has 0 aromatic heterocycles. The predicted molar refractivity (Wildman–Crippen MR) is 95.6 cm³/mol. The molecule has 0 spiro atoms. The summed E-state index contributed by atoms with van der Waals surface area (Å²) in [5, 5.41) is 17.8. The zero-order valence-corrected chi connectivity index (χ0v) is 14.3. The Kier molecular flexibility index (Phi) is 5.32. The van der Waals surface area contributed by atoms with Gasteiger partial charge in [-0.05, 0) is 25.0 Å². The quantitative estimate of drug-likeness (QED) is 0.604. The number of amides is 1. The molecule has 1 heterocycles. The minimum absolute atomic E-state index is 0.0399. The molecule has 1 aromatic carbocycles. The zero-order chi connectivity index (χ0) is 16.2. The molecule has 23 heavy (non-hydrogen) atoms. The molecule has 1 saturated heterocycles. The van der Waals surface area contributed by atoms with E-state index in [1.807, 2.05) is 23.5 Å². The number of thioether (sulfide) groups is 2. The number of nitrogens with one attached hydrogen (secondary N) is 2. The van der Waals surface area contributed by atoms with E-state index >= 15 is 0 Å². The summed E-state index contributed by atoms with van der Waals surface area (Å²) < 4.78 is 0. The predicted octanol–water partition coefficient (Wildman–Crippen LogP) is 2.75. The van der Waals surface area contributed by atoms with Crippen molar-refractivity contribution < 1.29 is 9.72 Å². The van der Waals surface area contributed by atoms with Gasteiger partial charge in [0, 0.05) is 46.7 Å². The number of nitro benzene ring substituents is 1. The van der Waals surface area contributed by atoms with Gasteiger partial charge in [0.05, 0.1) is 4.92 Å². The van der Waals surface area contributed by atoms with Crippen molar-refractivity contribution in [3.8, 4) is 0 Å². The first-order valence-electron chi connectivity index (χ1n) is 7.66. The number of benzene rings is 1. The minimum atomic E-state index is -0.432. The van der Waals surface area contributed by atoms with Gasteiger partial charge >= 0.3 is 0 Å². The molecule has 2 fully saturated rings. The second-order valence-corrected chi connectivity index (χ2v) is 8.24. The third-order valence-corrected chi connectivity index (χ3v) is 6.62. The van der Waals surface area contributed by atoms with Gasteiger partial charge in [0.25, 0.3) is 11.6 Å². The topological polar surface area (TPSA) is 84.3 Å². The number of rotatable bonds is 6. The maximum atomic E-state index is 12.0. The lowest BCUT2D eigenvalue weighted by Gasteiger charge is -2.21. The first-order valence-corrected chi connectivity index (χ1v) is 9.86. The van der Waals surface area contributed by atoms with E-state index in [4.69, 9.17) is 0 Å². The lowest BCUT2D eigenvalue weighted by molar-refractivity contribution is -0.384. The van der Waals surface area contributed by atoms with Crippen LogP contribution in [0.5, 0.6) is 0 Å². The molecule has 1 unspecified atom stereocenters. The third-order valence-electron chi connectivity index (χ3n) is 3.77. The lowest BCUT2D eigenvalue weighted by Crippen LogP contribution is -2.26. The fourth-order valence-corrected chi connectivity index (χ4v) is 4.96. The van der Waals surface area contributed by atoms with Crippen LogP contribution in [-0.4, -0.2) is 45.9 Å². The normalized spacial score (nSPS) is 20.8. The van der Waals surface area contributed by atoms with Gasteiger partial charge < -0.3 is 10.6 Å². The van der Waals surface area contributed by atoms with E-state index in [1.54, 1.807) is 12.1 Å². The van der Waals surface area contributed by atoms with Crippen LogP contribution >= 0.6 is 23.5 Å². The summed E-state index contributed by atoms with van der Waals surface area (Å²) in [5.74, 6) is 3.13. The van der Waals surface area contributed by atoms with Crippen molar-refractivity contribution in [1.82, 2.24) is 5.32 Å². The van der Waals surface area contributed by atoms with Crippen molar-refractivity contribution in [3.63, 3.8) is 0 Å². The molecule has 2 aliphatic rings. The molecule has 1 aromatic rings. The van der Waals surface area contributed by atoms with Crippen LogP contribution in [0, 0.1) is 10.1 Å². The molecule has 1 aliphatic carbocycles. The summed E-state index contributed by atoms with van der Waals surface area (Å²) >= 11 is 3.82. The number of anilines is 1. The van der Waals surface area contributed by atoms with Gasteiger partial charge in [-0.2, -0.15) is 23.5 Å². The van der Waals surface area contributed by atoms with E-state index in [0.717, 1.165) is 24.3 Å². The van der Waals surface area contributed by atoms with Crippen LogP contribution in [-0.2, 0) is 0 Å². The summed E-state index contributed by atoms with van der Waals surface area (Å²) in [6, 6.07) is 4.89. The maximum Gasteiger partial charge on any atom is 0.293 e. The fraction of sp³-hybridized carbons (Fsp3) is 0.533. The van der Waals surface area contributed by atoms with Crippen LogP contribution in [0.1, 0.15) is 23.2 Å². The number of nitrogens with zero attached hydrogens (tertiary/aromatic N) is 1. The molecule has 0 radical (unpaired) electrons. The van der Waals surface area contributed by atoms with Crippen LogP contribution in [0.2, 0.25) is 0 Å². The van der Waals surface area contributed by atoms with Crippen molar-refractivity contribution >= 4 is 40.8 Å². The largest absolute Gasteiger partial charge is 0.378 e. The summed E-state index contributed by atoms with van der Waals surface area (Å²) in [6.07, 6.45) is 1.98. The van der Waals surface area contributed by atoms with E-state index in [2.05, 4.69) is 10.6 Å². The molecule has 6 nitrogen and oxygen atoms in total. The number of hydrogen-bond donors (Lipinski definition) is 2. The van der Waals surface area contributed by atoms with Gasteiger partial charge in [0.1, 0.15) is 5.69 Å². The van der Waals surface area contributed by atoms with Crippen LogP contribution in [0.3, 0.4) is 0 Å². The highest BCUT2D eigenvalue weighted by atomic mass is 32.2. The lowest BCUT2D eigenvalue weighted by atomic mass is 10.1. The van der Waals surface area contributed by atoms with Crippen LogP contribution in [0.4, 0.5) is 11.4 Å². The van der Waals surface area contributed by atoms with Gasteiger partial charge in [0.15, 0.2) is 0 Å². The Balaban J connectivity index is 1.68. The molecule has 124 valence electrons. The average molecular weight is 353 g/mol. The van der Waals surface area contributed by atoms with Gasteiger partial charge in [-0.15, -0.1) is 0 Å². The number of nitro groups is 1.